The molecule has 1 aliphatic rings. The zero-order valence-corrected chi connectivity index (χ0v) is 10.7. The average molecular weight is 223 g/mol. The third-order valence-corrected chi connectivity index (χ3v) is 3.10. The molecule has 0 aliphatic carbocycles. The Kier molecular flexibility index (Phi) is 6.16. The monoisotopic (exact) mass is 223 g/mol. The van der Waals surface area contributed by atoms with Crippen molar-refractivity contribution in [3.63, 3.8) is 0 Å². The van der Waals surface area contributed by atoms with Gasteiger partial charge in [0.15, 0.2) is 0 Å². The van der Waals surface area contributed by atoms with E-state index in [1.54, 1.807) is 0 Å². The van der Waals surface area contributed by atoms with Crippen LogP contribution in [0.2, 0.25) is 0 Å². The third kappa shape index (κ3) is 4.35. The van der Waals surface area contributed by atoms with E-state index in [-0.39, 0.29) is 0 Å². The van der Waals surface area contributed by atoms with Crippen molar-refractivity contribution in [3.05, 3.63) is 11.6 Å². The smallest absolute Gasteiger partial charge is 0.120 e. The Hall–Kier alpha value is -0.830. The van der Waals surface area contributed by atoms with Gasteiger partial charge in [-0.05, 0) is 25.3 Å². The molecule has 3 nitrogen and oxygen atoms in total. The highest BCUT2D eigenvalue weighted by molar-refractivity contribution is 5.90. The molecule has 3 heteroatoms. The van der Waals surface area contributed by atoms with Gasteiger partial charge in [0.05, 0.1) is 0 Å². The summed E-state index contributed by atoms with van der Waals surface area (Å²) < 4.78 is 0. The Morgan fingerprint density at radius 1 is 1.31 bits per heavy atom. The molecule has 1 aliphatic heterocycles. The first-order valence-electron chi connectivity index (χ1n) is 6.51. The van der Waals surface area contributed by atoms with Crippen LogP contribution in [-0.2, 0) is 0 Å². The normalized spacial score (nSPS) is 17.6. The maximum Gasteiger partial charge on any atom is 0.120 e. The predicted molar refractivity (Wildman–Crippen MR) is 70.1 cm³/mol. The molecule has 0 unspecified atom stereocenters. The fourth-order valence-electron chi connectivity index (χ4n) is 1.95. The lowest BCUT2D eigenvalue weighted by Crippen LogP contribution is -2.45. The first-order valence-corrected chi connectivity index (χ1v) is 6.51. The molecule has 0 radical (unpaired) electrons. The summed E-state index contributed by atoms with van der Waals surface area (Å²) >= 11 is 0. The van der Waals surface area contributed by atoms with Crippen LogP contribution in [0.15, 0.2) is 11.6 Å². The molecule has 1 saturated heterocycles. The summed E-state index contributed by atoms with van der Waals surface area (Å²) in [6.07, 6.45) is 6.80. The molecule has 16 heavy (non-hydrogen) atoms. The van der Waals surface area contributed by atoms with E-state index >= 15 is 0 Å². The molecule has 1 fully saturated rings. The SMILES string of the molecule is CCCC/C(=C\C(=N)N1CCNCC1)CC. The van der Waals surface area contributed by atoms with Gasteiger partial charge in [0.1, 0.15) is 5.84 Å². The summed E-state index contributed by atoms with van der Waals surface area (Å²) in [5.74, 6) is 0.703. The van der Waals surface area contributed by atoms with E-state index in [0.29, 0.717) is 5.84 Å². The van der Waals surface area contributed by atoms with Gasteiger partial charge in [0.2, 0.25) is 0 Å². The van der Waals surface area contributed by atoms with Crippen molar-refractivity contribution in [2.75, 3.05) is 26.2 Å². The van der Waals surface area contributed by atoms with Gasteiger partial charge in [0, 0.05) is 26.2 Å². The number of amidine groups is 1. The highest BCUT2D eigenvalue weighted by atomic mass is 15.2. The summed E-state index contributed by atoms with van der Waals surface area (Å²) in [5, 5.41) is 11.4. The summed E-state index contributed by atoms with van der Waals surface area (Å²) in [5.41, 5.74) is 1.42. The van der Waals surface area contributed by atoms with E-state index in [9.17, 15) is 0 Å². The number of rotatable bonds is 5. The zero-order valence-electron chi connectivity index (χ0n) is 10.7. The Balaban J connectivity index is 2.47. The van der Waals surface area contributed by atoms with E-state index in [0.717, 1.165) is 39.0 Å². The minimum absolute atomic E-state index is 0.703. The molecular formula is C13H25N3. The lowest BCUT2D eigenvalue weighted by atomic mass is 10.1. The Bertz CT molecular complexity index is 240. The third-order valence-electron chi connectivity index (χ3n) is 3.10. The van der Waals surface area contributed by atoms with Crippen LogP contribution >= 0.6 is 0 Å². The zero-order chi connectivity index (χ0) is 11.8. The quantitative estimate of drug-likeness (QED) is 0.555. The molecule has 1 rings (SSSR count). The highest BCUT2D eigenvalue weighted by Crippen LogP contribution is 2.12. The van der Waals surface area contributed by atoms with E-state index < -0.39 is 0 Å². The van der Waals surface area contributed by atoms with Crippen LogP contribution in [0.25, 0.3) is 0 Å². The molecule has 0 bridgehead atoms. The number of hydrogen-bond donors (Lipinski definition) is 2. The minimum Gasteiger partial charge on any atom is -0.355 e. The Labute approximate surface area is 99.4 Å². The van der Waals surface area contributed by atoms with Crippen molar-refractivity contribution in [2.24, 2.45) is 0 Å². The number of hydrogen-bond acceptors (Lipinski definition) is 2. The van der Waals surface area contributed by atoms with Crippen molar-refractivity contribution < 1.29 is 0 Å². The molecule has 1 heterocycles. The maximum absolute atomic E-state index is 8.07. The molecule has 0 saturated carbocycles. The molecule has 2 N–H and O–H groups in total. The fraction of sp³-hybridized carbons (Fsp3) is 0.769. The van der Waals surface area contributed by atoms with Gasteiger partial charge in [-0.25, -0.2) is 0 Å². The molecule has 0 aromatic carbocycles. The maximum atomic E-state index is 8.07. The van der Waals surface area contributed by atoms with Crippen LogP contribution in [0.4, 0.5) is 0 Å². The van der Waals surface area contributed by atoms with Gasteiger partial charge >= 0.3 is 0 Å². The van der Waals surface area contributed by atoms with Gasteiger partial charge in [-0.3, -0.25) is 5.41 Å². The fourth-order valence-corrected chi connectivity index (χ4v) is 1.95. The number of nitrogens with one attached hydrogen (secondary N) is 2. The average Bonchev–Trinajstić information content (AvgIpc) is 2.35. The topological polar surface area (TPSA) is 39.1 Å². The van der Waals surface area contributed by atoms with E-state index in [1.165, 1.54) is 18.4 Å². The first-order chi connectivity index (χ1) is 7.77. The summed E-state index contributed by atoms with van der Waals surface area (Å²) in [7, 11) is 0. The van der Waals surface area contributed by atoms with Gasteiger partial charge in [-0.2, -0.15) is 0 Å². The molecule has 0 spiro atoms. The van der Waals surface area contributed by atoms with Crippen molar-refractivity contribution in [1.82, 2.24) is 10.2 Å². The molecule has 92 valence electrons. The number of piperazine rings is 1. The number of allylic oxidation sites excluding steroid dienone is 1. The van der Waals surface area contributed by atoms with Gasteiger partial charge in [-0.1, -0.05) is 25.8 Å². The lowest BCUT2D eigenvalue weighted by Gasteiger charge is -2.28. The van der Waals surface area contributed by atoms with E-state index in [1.807, 2.05) is 0 Å². The summed E-state index contributed by atoms with van der Waals surface area (Å²) in [6.45, 7) is 8.36. The van der Waals surface area contributed by atoms with Crippen LogP contribution < -0.4 is 5.32 Å². The predicted octanol–water partition coefficient (Wildman–Crippen LogP) is 2.40. The lowest BCUT2D eigenvalue weighted by molar-refractivity contribution is 0.357. The standard InChI is InChI=1S/C13H25N3/c1-3-5-6-12(4-2)11-13(14)16-9-7-15-8-10-16/h11,14-15H,3-10H2,1-2H3/b12-11-,14-13?. The molecule has 0 amide bonds. The van der Waals surface area contributed by atoms with Gasteiger partial charge in [-0.15, -0.1) is 0 Å². The second kappa shape index (κ2) is 7.44. The Morgan fingerprint density at radius 3 is 2.56 bits per heavy atom. The second-order valence-electron chi connectivity index (χ2n) is 4.38. The largest absolute Gasteiger partial charge is 0.355 e. The molecule has 0 aromatic rings. The van der Waals surface area contributed by atoms with Crippen LogP contribution in [0.3, 0.4) is 0 Å². The van der Waals surface area contributed by atoms with Gasteiger partial charge in [0.25, 0.3) is 0 Å². The van der Waals surface area contributed by atoms with E-state index in [2.05, 4.69) is 30.1 Å². The Morgan fingerprint density at radius 2 is 2.00 bits per heavy atom. The van der Waals surface area contributed by atoms with Crippen molar-refractivity contribution in [3.8, 4) is 0 Å². The van der Waals surface area contributed by atoms with Crippen LogP contribution in [0, 0.1) is 5.41 Å². The minimum atomic E-state index is 0.703. The summed E-state index contributed by atoms with van der Waals surface area (Å²) in [4.78, 5) is 2.16. The number of unbranched alkanes of at least 4 members (excludes halogenated alkanes) is 1. The highest BCUT2D eigenvalue weighted by Gasteiger charge is 2.11. The molecule has 0 aromatic heterocycles. The molecule has 0 atom stereocenters. The van der Waals surface area contributed by atoms with Crippen LogP contribution in [-0.4, -0.2) is 36.9 Å². The summed E-state index contributed by atoms with van der Waals surface area (Å²) in [6, 6.07) is 0. The van der Waals surface area contributed by atoms with Crippen molar-refractivity contribution in [1.29, 1.82) is 5.41 Å². The second-order valence-corrected chi connectivity index (χ2v) is 4.38. The first kappa shape index (κ1) is 13.2. The van der Waals surface area contributed by atoms with Crippen molar-refractivity contribution in [2.45, 2.75) is 39.5 Å². The van der Waals surface area contributed by atoms with Crippen LogP contribution in [0.1, 0.15) is 39.5 Å². The van der Waals surface area contributed by atoms with Crippen molar-refractivity contribution >= 4 is 5.84 Å². The molecular weight excluding hydrogens is 198 g/mol. The van der Waals surface area contributed by atoms with Gasteiger partial charge < -0.3 is 10.2 Å². The van der Waals surface area contributed by atoms with Crippen LogP contribution in [0.5, 0.6) is 0 Å². The van der Waals surface area contributed by atoms with E-state index in [4.69, 9.17) is 5.41 Å². The number of nitrogens with zero attached hydrogens (tertiary/aromatic N) is 1.